The van der Waals surface area contributed by atoms with Gasteiger partial charge in [-0.3, -0.25) is 0 Å². The van der Waals surface area contributed by atoms with E-state index >= 15 is 0 Å². The highest BCUT2D eigenvalue weighted by Gasteiger charge is 2.81. The number of benzene rings is 1. The molecule has 26 heavy (non-hydrogen) atoms. The molecular formula is C16H18F2N4O2S2. The molecular weight excluding hydrogens is 382 g/mol. The lowest BCUT2D eigenvalue weighted by molar-refractivity contribution is 0.0413. The van der Waals surface area contributed by atoms with E-state index in [4.69, 9.17) is 5.14 Å². The maximum atomic E-state index is 14.7. The van der Waals surface area contributed by atoms with E-state index in [9.17, 15) is 17.2 Å². The van der Waals surface area contributed by atoms with Gasteiger partial charge in [-0.25, -0.2) is 13.9 Å². The fourth-order valence-corrected chi connectivity index (χ4v) is 5.82. The van der Waals surface area contributed by atoms with Gasteiger partial charge in [0.05, 0.1) is 11.3 Å². The number of hydrogen-bond donors (Lipinski definition) is 1. The maximum Gasteiger partial charge on any atom is 0.276 e. The number of piperidine rings is 1. The topological polar surface area (TPSA) is 89.2 Å². The van der Waals surface area contributed by atoms with Crippen molar-refractivity contribution in [3.63, 3.8) is 0 Å². The molecule has 2 heterocycles. The van der Waals surface area contributed by atoms with Gasteiger partial charge in [0.15, 0.2) is 0 Å². The summed E-state index contributed by atoms with van der Waals surface area (Å²) in [6.07, 6.45) is 0.140. The molecule has 140 valence electrons. The second-order valence-electron chi connectivity index (χ2n) is 6.92. The lowest BCUT2D eigenvalue weighted by Crippen LogP contribution is -2.43. The van der Waals surface area contributed by atoms with Crippen molar-refractivity contribution in [1.29, 1.82) is 0 Å². The number of alkyl halides is 2. The lowest BCUT2D eigenvalue weighted by Gasteiger charge is -2.30. The fourth-order valence-electron chi connectivity index (χ4n) is 3.94. The van der Waals surface area contributed by atoms with Gasteiger partial charge in [-0.2, -0.15) is 12.7 Å². The Morgan fingerprint density at radius 3 is 2.50 bits per heavy atom. The van der Waals surface area contributed by atoms with E-state index in [1.807, 2.05) is 31.2 Å². The summed E-state index contributed by atoms with van der Waals surface area (Å²) in [6, 6.07) is 7.61. The number of nitrogens with zero attached hydrogens (tertiary/aromatic N) is 3. The minimum Gasteiger partial charge on any atom is -0.216 e. The Morgan fingerprint density at radius 2 is 1.88 bits per heavy atom. The minimum absolute atomic E-state index is 0.00831. The summed E-state index contributed by atoms with van der Waals surface area (Å²) in [4.78, 5) is 0. The quantitative estimate of drug-likeness (QED) is 0.857. The van der Waals surface area contributed by atoms with Crippen LogP contribution in [0.5, 0.6) is 0 Å². The van der Waals surface area contributed by atoms with Crippen LogP contribution in [-0.2, 0) is 10.2 Å². The molecule has 0 bridgehead atoms. The van der Waals surface area contributed by atoms with E-state index < -0.39 is 27.5 Å². The predicted octanol–water partition coefficient (Wildman–Crippen LogP) is 2.53. The number of hydrogen-bond acceptors (Lipinski definition) is 5. The molecule has 0 radical (unpaired) electrons. The first kappa shape index (κ1) is 17.9. The van der Waals surface area contributed by atoms with E-state index in [-0.39, 0.29) is 25.9 Å². The van der Waals surface area contributed by atoms with Gasteiger partial charge >= 0.3 is 0 Å². The van der Waals surface area contributed by atoms with Crippen molar-refractivity contribution in [1.82, 2.24) is 14.5 Å². The van der Waals surface area contributed by atoms with Gasteiger partial charge in [-0.05, 0) is 25.3 Å². The summed E-state index contributed by atoms with van der Waals surface area (Å²) in [5.41, 5.74) is 0.656. The highest BCUT2D eigenvalue weighted by atomic mass is 32.2. The maximum absolute atomic E-state index is 14.7. The third kappa shape index (κ3) is 2.58. The average molecular weight is 400 g/mol. The van der Waals surface area contributed by atoms with Crippen LogP contribution < -0.4 is 5.14 Å². The second kappa shape index (κ2) is 5.75. The molecule has 1 spiro atoms. The summed E-state index contributed by atoms with van der Waals surface area (Å²) in [7, 11) is -3.84. The van der Waals surface area contributed by atoms with Crippen LogP contribution in [0.3, 0.4) is 0 Å². The summed E-state index contributed by atoms with van der Waals surface area (Å²) in [6.45, 7) is 1.95. The molecule has 1 aliphatic heterocycles. The molecule has 1 aliphatic carbocycles. The Hall–Kier alpha value is -1.49. The monoisotopic (exact) mass is 400 g/mol. The standard InChI is InChI=1S/C16H18F2N4O2S2/c1-10-4-2-3-5-11(10)13-20-21-14(25-13)12-15(16(12,17)18)6-8-22(9-7-15)26(19,23)24/h2-5,12H,6-9H2,1H3,(H2,19,23,24)/t12-/m1/s1. The van der Waals surface area contributed by atoms with Crippen molar-refractivity contribution < 1.29 is 17.2 Å². The Labute approximate surface area is 154 Å². The summed E-state index contributed by atoms with van der Waals surface area (Å²) in [5, 5.41) is 14.2. The van der Waals surface area contributed by atoms with Crippen LogP contribution in [0.15, 0.2) is 24.3 Å². The van der Waals surface area contributed by atoms with Crippen LogP contribution in [0.1, 0.15) is 29.3 Å². The van der Waals surface area contributed by atoms with E-state index in [1.165, 1.54) is 11.3 Å². The fraction of sp³-hybridized carbons (Fsp3) is 0.500. The zero-order valence-electron chi connectivity index (χ0n) is 14.0. The Kier molecular flexibility index (Phi) is 3.96. The van der Waals surface area contributed by atoms with Gasteiger partial charge in [-0.15, -0.1) is 10.2 Å². The van der Waals surface area contributed by atoms with Crippen molar-refractivity contribution in [2.24, 2.45) is 10.6 Å². The summed E-state index contributed by atoms with van der Waals surface area (Å²) >= 11 is 1.19. The van der Waals surface area contributed by atoms with E-state index in [2.05, 4.69) is 10.2 Å². The van der Waals surface area contributed by atoms with Crippen molar-refractivity contribution in [3.8, 4) is 10.6 Å². The molecule has 2 fully saturated rings. The van der Waals surface area contributed by atoms with Crippen LogP contribution in [0.2, 0.25) is 0 Å². The number of nitrogens with two attached hydrogens (primary N) is 1. The molecule has 4 rings (SSSR count). The molecule has 2 N–H and O–H groups in total. The summed E-state index contributed by atoms with van der Waals surface area (Å²) in [5.74, 6) is -3.91. The van der Waals surface area contributed by atoms with Gasteiger partial charge in [0.25, 0.3) is 16.1 Å². The van der Waals surface area contributed by atoms with Crippen molar-refractivity contribution in [3.05, 3.63) is 34.8 Å². The lowest BCUT2D eigenvalue weighted by atomic mass is 9.91. The smallest absolute Gasteiger partial charge is 0.216 e. The Balaban J connectivity index is 1.59. The zero-order chi connectivity index (χ0) is 18.7. The SMILES string of the molecule is Cc1ccccc1-c1nnc([C@H]2C(F)(F)C23CCN(S(N)(=O)=O)CC3)s1. The van der Waals surface area contributed by atoms with E-state index in [0.717, 1.165) is 15.4 Å². The molecule has 2 aromatic rings. The number of halogens is 2. The molecule has 0 unspecified atom stereocenters. The third-order valence-corrected chi connectivity index (χ3v) is 7.64. The first-order valence-corrected chi connectivity index (χ1v) is 10.5. The minimum atomic E-state index is -3.84. The highest BCUT2D eigenvalue weighted by molar-refractivity contribution is 7.86. The second-order valence-corrected chi connectivity index (χ2v) is 9.47. The molecule has 1 atom stereocenters. The van der Waals surface area contributed by atoms with Gasteiger partial charge < -0.3 is 0 Å². The van der Waals surface area contributed by atoms with Crippen LogP contribution in [0.4, 0.5) is 8.78 Å². The third-order valence-electron chi connectivity index (χ3n) is 5.53. The normalized spacial score (nSPS) is 24.7. The first-order valence-electron chi connectivity index (χ1n) is 8.22. The van der Waals surface area contributed by atoms with Crippen LogP contribution >= 0.6 is 11.3 Å². The van der Waals surface area contributed by atoms with Gasteiger partial charge in [0.2, 0.25) is 0 Å². The van der Waals surface area contributed by atoms with Crippen LogP contribution in [0.25, 0.3) is 10.6 Å². The van der Waals surface area contributed by atoms with Gasteiger partial charge in [0.1, 0.15) is 10.0 Å². The Bertz CT molecular complexity index is 953. The van der Waals surface area contributed by atoms with Crippen molar-refractivity contribution >= 4 is 21.5 Å². The average Bonchev–Trinajstić information content (AvgIpc) is 2.89. The van der Waals surface area contributed by atoms with Crippen LogP contribution in [0, 0.1) is 12.3 Å². The van der Waals surface area contributed by atoms with E-state index in [1.54, 1.807) is 0 Å². The molecule has 1 aromatic carbocycles. The highest BCUT2D eigenvalue weighted by Crippen LogP contribution is 2.75. The first-order chi connectivity index (χ1) is 12.2. The predicted molar refractivity (Wildman–Crippen MR) is 94.1 cm³/mol. The molecule has 10 heteroatoms. The molecule has 1 saturated heterocycles. The molecule has 0 amide bonds. The van der Waals surface area contributed by atoms with Crippen molar-refractivity contribution in [2.75, 3.05) is 13.1 Å². The largest absolute Gasteiger partial charge is 0.276 e. The van der Waals surface area contributed by atoms with Gasteiger partial charge in [0, 0.05) is 18.7 Å². The summed E-state index contributed by atoms with van der Waals surface area (Å²) < 4.78 is 53.2. The van der Waals surface area contributed by atoms with E-state index in [0.29, 0.717) is 10.0 Å². The molecule has 2 aliphatic rings. The molecule has 1 aromatic heterocycles. The zero-order valence-corrected chi connectivity index (χ0v) is 15.7. The number of rotatable bonds is 3. The number of aryl methyl sites for hydroxylation is 1. The van der Waals surface area contributed by atoms with Crippen molar-refractivity contribution in [2.45, 2.75) is 31.6 Å². The Morgan fingerprint density at radius 1 is 1.23 bits per heavy atom. The molecule has 1 saturated carbocycles. The molecule has 6 nitrogen and oxygen atoms in total. The van der Waals surface area contributed by atoms with Gasteiger partial charge in [-0.1, -0.05) is 35.6 Å². The number of aromatic nitrogens is 2. The van der Waals surface area contributed by atoms with Crippen LogP contribution in [-0.4, -0.2) is 41.9 Å².